The molecule has 2 rings (SSSR count). The zero-order valence-electron chi connectivity index (χ0n) is 12.0. The summed E-state index contributed by atoms with van der Waals surface area (Å²) in [4.78, 5) is 22.6. The van der Waals surface area contributed by atoms with E-state index in [4.69, 9.17) is 5.11 Å². The summed E-state index contributed by atoms with van der Waals surface area (Å²) in [5, 5.41) is 14.4. The van der Waals surface area contributed by atoms with Gasteiger partial charge in [0.05, 0.1) is 12.0 Å². The Morgan fingerprint density at radius 2 is 2.05 bits per heavy atom. The van der Waals surface area contributed by atoms with E-state index in [9.17, 15) is 9.59 Å². The van der Waals surface area contributed by atoms with E-state index in [0.29, 0.717) is 13.0 Å². The SMILES string of the molecule is Cc1ccccc1CCNC(=O)NC1C=CC(C(=O)O)C1. The molecule has 0 aromatic heterocycles. The summed E-state index contributed by atoms with van der Waals surface area (Å²) < 4.78 is 0. The van der Waals surface area contributed by atoms with Gasteiger partial charge in [-0.2, -0.15) is 0 Å². The van der Waals surface area contributed by atoms with Gasteiger partial charge in [-0.15, -0.1) is 0 Å². The van der Waals surface area contributed by atoms with Gasteiger partial charge in [-0.1, -0.05) is 36.4 Å². The van der Waals surface area contributed by atoms with Crippen LogP contribution in [0.25, 0.3) is 0 Å². The molecule has 5 heteroatoms. The minimum absolute atomic E-state index is 0.204. The van der Waals surface area contributed by atoms with E-state index in [1.807, 2.05) is 31.2 Å². The van der Waals surface area contributed by atoms with Gasteiger partial charge in [-0.25, -0.2) is 4.79 Å². The lowest BCUT2D eigenvalue weighted by atomic mass is 10.1. The largest absolute Gasteiger partial charge is 0.481 e. The Hall–Kier alpha value is -2.30. The number of carbonyl (C=O) groups excluding carboxylic acids is 1. The third-order valence-electron chi connectivity index (χ3n) is 3.66. The monoisotopic (exact) mass is 288 g/mol. The number of aryl methyl sites for hydroxylation is 1. The van der Waals surface area contributed by atoms with Crippen LogP contribution in [0.2, 0.25) is 0 Å². The lowest BCUT2D eigenvalue weighted by Gasteiger charge is -2.13. The molecular formula is C16H20N2O3. The number of amides is 2. The van der Waals surface area contributed by atoms with Gasteiger partial charge >= 0.3 is 12.0 Å². The van der Waals surface area contributed by atoms with Gasteiger partial charge < -0.3 is 15.7 Å². The van der Waals surface area contributed by atoms with Crippen molar-refractivity contribution in [2.45, 2.75) is 25.8 Å². The average Bonchev–Trinajstić information content (AvgIpc) is 2.89. The Bertz CT molecular complexity index is 554. The van der Waals surface area contributed by atoms with Crippen LogP contribution in [0.5, 0.6) is 0 Å². The molecule has 2 atom stereocenters. The number of urea groups is 1. The first-order valence-electron chi connectivity index (χ1n) is 7.06. The molecule has 2 unspecified atom stereocenters. The minimum atomic E-state index is -0.851. The van der Waals surface area contributed by atoms with E-state index < -0.39 is 11.9 Å². The number of carboxylic acid groups (broad SMARTS) is 1. The number of carboxylic acids is 1. The second-order valence-corrected chi connectivity index (χ2v) is 5.25. The molecule has 3 N–H and O–H groups in total. The number of aliphatic carboxylic acids is 1. The smallest absolute Gasteiger partial charge is 0.315 e. The molecule has 1 aromatic rings. The van der Waals surface area contributed by atoms with E-state index in [-0.39, 0.29) is 12.1 Å². The van der Waals surface area contributed by atoms with Crippen LogP contribution >= 0.6 is 0 Å². The average molecular weight is 288 g/mol. The first-order chi connectivity index (χ1) is 10.1. The highest BCUT2D eigenvalue weighted by atomic mass is 16.4. The Kier molecular flexibility index (Phi) is 4.98. The summed E-state index contributed by atoms with van der Waals surface area (Å²) in [6.07, 6.45) is 4.55. The summed E-state index contributed by atoms with van der Waals surface area (Å²) in [6, 6.07) is 7.60. The van der Waals surface area contributed by atoms with Crippen molar-refractivity contribution in [3.63, 3.8) is 0 Å². The minimum Gasteiger partial charge on any atom is -0.481 e. The molecule has 0 fully saturated rings. The van der Waals surface area contributed by atoms with Crippen LogP contribution in [0.1, 0.15) is 17.5 Å². The van der Waals surface area contributed by atoms with Crippen molar-refractivity contribution < 1.29 is 14.7 Å². The van der Waals surface area contributed by atoms with Crippen LogP contribution < -0.4 is 10.6 Å². The first kappa shape index (κ1) is 15.1. The van der Waals surface area contributed by atoms with Crippen molar-refractivity contribution >= 4 is 12.0 Å². The zero-order valence-corrected chi connectivity index (χ0v) is 12.0. The Labute approximate surface area is 124 Å². The highest BCUT2D eigenvalue weighted by Crippen LogP contribution is 2.17. The van der Waals surface area contributed by atoms with Crippen molar-refractivity contribution in [2.75, 3.05) is 6.54 Å². The third-order valence-corrected chi connectivity index (χ3v) is 3.66. The van der Waals surface area contributed by atoms with Crippen LogP contribution in [0.4, 0.5) is 4.79 Å². The molecule has 1 aliphatic carbocycles. The zero-order chi connectivity index (χ0) is 15.2. The molecular weight excluding hydrogens is 268 g/mol. The fourth-order valence-corrected chi connectivity index (χ4v) is 2.41. The van der Waals surface area contributed by atoms with E-state index >= 15 is 0 Å². The maximum atomic E-state index is 11.7. The van der Waals surface area contributed by atoms with Crippen molar-refractivity contribution in [1.29, 1.82) is 0 Å². The molecule has 5 nitrogen and oxygen atoms in total. The van der Waals surface area contributed by atoms with Gasteiger partial charge in [0.1, 0.15) is 0 Å². The fraction of sp³-hybridized carbons (Fsp3) is 0.375. The second-order valence-electron chi connectivity index (χ2n) is 5.25. The molecule has 112 valence electrons. The lowest BCUT2D eigenvalue weighted by molar-refractivity contribution is -0.140. The molecule has 0 saturated heterocycles. The molecule has 1 aromatic carbocycles. The molecule has 21 heavy (non-hydrogen) atoms. The quantitative estimate of drug-likeness (QED) is 0.724. The van der Waals surface area contributed by atoms with E-state index in [2.05, 4.69) is 10.6 Å². The molecule has 0 bridgehead atoms. The second kappa shape index (κ2) is 6.92. The van der Waals surface area contributed by atoms with Gasteiger partial charge in [0.25, 0.3) is 0 Å². The summed E-state index contributed by atoms with van der Waals surface area (Å²) in [6.45, 7) is 2.60. The lowest BCUT2D eigenvalue weighted by Crippen LogP contribution is -2.41. The number of hydrogen-bond acceptors (Lipinski definition) is 2. The normalized spacial score (nSPS) is 20.2. The Morgan fingerprint density at radius 1 is 1.29 bits per heavy atom. The molecule has 0 spiro atoms. The van der Waals surface area contributed by atoms with Crippen molar-refractivity contribution in [3.05, 3.63) is 47.5 Å². The molecule has 0 radical (unpaired) electrons. The maximum absolute atomic E-state index is 11.7. The standard InChI is InChI=1S/C16H20N2O3/c1-11-4-2-3-5-12(11)8-9-17-16(21)18-14-7-6-13(10-14)15(19)20/h2-7,13-14H,8-10H2,1H3,(H,19,20)(H2,17,18,21). The summed E-state index contributed by atoms with van der Waals surface area (Å²) >= 11 is 0. The number of carbonyl (C=O) groups is 2. The van der Waals surface area contributed by atoms with E-state index in [0.717, 1.165) is 6.42 Å². The Morgan fingerprint density at radius 3 is 2.71 bits per heavy atom. The molecule has 0 aliphatic heterocycles. The summed E-state index contributed by atoms with van der Waals surface area (Å²) in [5.41, 5.74) is 2.42. The van der Waals surface area contributed by atoms with Gasteiger partial charge in [-0.3, -0.25) is 4.79 Å². The van der Waals surface area contributed by atoms with Crippen LogP contribution in [0.15, 0.2) is 36.4 Å². The Balaban J connectivity index is 1.70. The maximum Gasteiger partial charge on any atom is 0.315 e. The van der Waals surface area contributed by atoms with Crippen molar-refractivity contribution in [1.82, 2.24) is 10.6 Å². The number of rotatable bonds is 5. The molecule has 1 aliphatic rings. The van der Waals surface area contributed by atoms with Gasteiger partial charge in [0.15, 0.2) is 0 Å². The highest BCUT2D eigenvalue weighted by molar-refractivity contribution is 5.76. The van der Waals surface area contributed by atoms with E-state index in [1.165, 1.54) is 11.1 Å². The third kappa shape index (κ3) is 4.34. The topological polar surface area (TPSA) is 78.4 Å². The summed E-state index contributed by atoms with van der Waals surface area (Å²) in [5.74, 6) is -1.35. The first-order valence-corrected chi connectivity index (χ1v) is 7.06. The van der Waals surface area contributed by atoms with Crippen molar-refractivity contribution in [3.8, 4) is 0 Å². The molecule has 0 heterocycles. The van der Waals surface area contributed by atoms with Crippen LogP contribution in [0.3, 0.4) is 0 Å². The van der Waals surface area contributed by atoms with Crippen LogP contribution in [-0.2, 0) is 11.2 Å². The fourth-order valence-electron chi connectivity index (χ4n) is 2.41. The number of benzene rings is 1. The number of nitrogens with one attached hydrogen (secondary N) is 2. The molecule has 2 amide bonds. The number of hydrogen-bond donors (Lipinski definition) is 3. The van der Waals surface area contributed by atoms with Crippen LogP contribution in [0, 0.1) is 12.8 Å². The van der Waals surface area contributed by atoms with E-state index in [1.54, 1.807) is 12.2 Å². The predicted molar refractivity (Wildman–Crippen MR) is 80.1 cm³/mol. The van der Waals surface area contributed by atoms with Crippen molar-refractivity contribution in [2.24, 2.45) is 5.92 Å². The highest BCUT2D eigenvalue weighted by Gasteiger charge is 2.25. The van der Waals surface area contributed by atoms with Gasteiger partial charge in [0.2, 0.25) is 0 Å². The summed E-state index contributed by atoms with van der Waals surface area (Å²) in [7, 11) is 0. The van der Waals surface area contributed by atoms with Crippen LogP contribution in [-0.4, -0.2) is 29.7 Å². The van der Waals surface area contributed by atoms with Gasteiger partial charge in [-0.05, 0) is 30.9 Å². The van der Waals surface area contributed by atoms with Gasteiger partial charge in [0, 0.05) is 6.54 Å². The molecule has 0 saturated carbocycles. The predicted octanol–water partition coefficient (Wildman–Crippen LogP) is 1.87.